The summed E-state index contributed by atoms with van der Waals surface area (Å²) in [5.41, 5.74) is 0. The predicted molar refractivity (Wildman–Crippen MR) is 74.7 cm³/mol. The van der Waals surface area contributed by atoms with Crippen molar-refractivity contribution in [3.05, 3.63) is 0 Å². The standard InChI is InChI=1S/C13H25N3S/c1-15-12-2-3-13(15)9-16(6-4-12)8-11-10-17-7-5-14-11/h11-14H,2-10H2,1H3. The van der Waals surface area contributed by atoms with E-state index >= 15 is 0 Å². The van der Waals surface area contributed by atoms with Gasteiger partial charge in [-0.05, 0) is 32.9 Å². The number of likely N-dealkylation sites (tertiary alicyclic amines) is 1. The topological polar surface area (TPSA) is 18.5 Å². The summed E-state index contributed by atoms with van der Waals surface area (Å²) >= 11 is 2.11. The number of nitrogens with zero attached hydrogens (tertiary/aromatic N) is 2. The zero-order valence-corrected chi connectivity index (χ0v) is 11.7. The molecule has 0 radical (unpaired) electrons. The van der Waals surface area contributed by atoms with Gasteiger partial charge in [-0.1, -0.05) is 0 Å². The second-order valence-corrected chi connectivity index (χ2v) is 6.97. The molecule has 0 aliphatic carbocycles. The van der Waals surface area contributed by atoms with Crippen LogP contribution in [0.3, 0.4) is 0 Å². The van der Waals surface area contributed by atoms with E-state index in [4.69, 9.17) is 0 Å². The molecule has 1 N–H and O–H groups in total. The molecule has 3 unspecified atom stereocenters. The molecule has 4 heteroatoms. The lowest BCUT2D eigenvalue weighted by molar-refractivity contribution is 0.208. The molecular weight excluding hydrogens is 230 g/mol. The molecule has 3 heterocycles. The van der Waals surface area contributed by atoms with Crippen LogP contribution >= 0.6 is 11.8 Å². The highest BCUT2D eigenvalue weighted by atomic mass is 32.2. The highest BCUT2D eigenvalue weighted by Crippen LogP contribution is 2.28. The van der Waals surface area contributed by atoms with E-state index in [1.807, 2.05) is 0 Å². The number of fused-ring (bicyclic) bond motifs is 2. The van der Waals surface area contributed by atoms with Crippen molar-refractivity contribution in [3.8, 4) is 0 Å². The Morgan fingerprint density at radius 1 is 1.24 bits per heavy atom. The highest BCUT2D eigenvalue weighted by Gasteiger charge is 2.35. The molecule has 3 atom stereocenters. The fraction of sp³-hybridized carbons (Fsp3) is 1.00. The number of rotatable bonds is 2. The van der Waals surface area contributed by atoms with Crippen LogP contribution in [0.15, 0.2) is 0 Å². The molecule has 3 rings (SSSR count). The summed E-state index contributed by atoms with van der Waals surface area (Å²) in [7, 11) is 2.33. The average molecular weight is 255 g/mol. The molecular formula is C13H25N3S. The third kappa shape index (κ3) is 2.80. The van der Waals surface area contributed by atoms with Gasteiger partial charge in [0.05, 0.1) is 0 Å². The van der Waals surface area contributed by atoms with E-state index in [2.05, 4.69) is 33.9 Å². The predicted octanol–water partition coefficient (Wildman–Crippen LogP) is 0.860. The molecule has 17 heavy (non-hydrogen) atoms. The Bertz CT molecular complexity index is 255. The van der Waals surface area contributed by atoms with E-state index in [9.17, 15) is 0 Å². The minimum atomic E-state index is 0.732. The van der Waals surface area contributed by atoms with Crippen LogP contribution in [0, 0.1) is 0 Å². The van der Waals surface area contributed by atoms with Crippen LogP contribution in [-0.2, 0) is 0 Å². The summed E-state index contributed by atoms with van der Waals surface area (Å²) in [5.74, 6) is 2.60. The van der Waals surface area contributed by atoms with E-state index in [0.717, 1.165) is 18.1 Å². The molecule has 0 amide bonds. The van der Waals surface area contributed by atoms with Gasteiger partial charge < -0.3 is 10.2 Å². The smallest absolute Gasteiger partial charge is 0.0285 e. The van der Waals surface area contributed by atoms with Crippen molar-refractivity contribution in [3.63, 3.8) is 0 Å². The summed E-state index contributed by atoms with van der Waals surface area (Å²) in [5, 5.41) is 3.67. The molecule has 0 saturated carbocycles. The van der Waals surface area contributed by atoms with Crippen LogP contribution in [0.2, 0.25) is 0 Å². The highest BCUT2D eigenvalue weighted by molar-refractivity contribution is 7.99. The number of nitrogens with one attached hydrogen (secondary N) is 1. The fourth-order valence-corrected chi connectivity index (χ4v) is 4.53. The quantitative estimate of drug-likeness (QED) is 0.788. The summed E-state index contributed by atoms with van der Waals surface area (Å²) in [6, 6.07) is 2.44. The van der Waals surface area contributed by atoms with Gasteiger partial charge >= 0.3 is 0 Å². The maximum Gasteiger partial charge on any atom is 0.0285 e. The van der Waals surface area contributed by atoms with Gasteiger partial charge in [0.2, 0.25) is 0 Å². The van der Waals surface area contributed by atoms with Gasteiger partial charge in [0.25, 0.3) is 0 Å². The van der Waals surface area contributed by atoms with Crippen molar-refractivity contribution >= 4 is 11.8 Å². The lowest BCUT2D eigenvalue weighted by Crippen LogP contribution is -2.48. The Kier molecular flexibility index (Phi) is 3.95. The van der Waals surface area contributed by atoms with E-state index in [1.165, 1.54) is 56.9 Å². The second kappa shape index (κ2) is 5.47. The summed E-state index contributed by atoms with van der Waals surface area (Å²) in [6.45, 7) is 5.09. The minimum Gasteiger partial charge on any atom is -0.311 e. The van der Waals surface area contributed by atoms with Crippen molar-refractivity contribution in [2.45, 2.75) is 37.4 Å². The summed E-state index contributed by atoms with van der Waals surface area (Å²) in [4.78, 5) is 5.35. The van der Waals surface area contributed by atoms with Crippen LogP contribution in [0.5, 0.6) is 0 Å². The normalized spacial score (nSPS) is 40.4. The zero-order chi connectivity index (χ0) is 11.7. The summed E-state index contributed by atoms with van der Waals surface area (Å²) in [6.07, 6.45) is 4.24. The van der Waals surface area contributed by atoms with Gasteiger partial charge in [-0.25, -0.2) is 0 Å². The van der Waals surface area contributed by atoms with Crippen LogP contribution in [-0.4, -0.2) is 72.7 Å². The van der Waals surface area contributed by atoms with Crippen molar-refractivity contribution in [2.75, 3.05) is 44.7 Å². The molecule has 2 bridgehead atoms. The van der Waals surface area contributed by atoms with E-state index in [1.54, 1.807) is 0 Å². The molecule has 0 aromatic heterocycles. The van der Waals surface area contributed by atoms with Crippen molar-refractivity contribution < 1.29 is 0 Å². The number of hydrogen-bond acceptors (Lipinski definition) is 4. The van der Waals surface area contributed by atoms with E-state index < -0.39 is 0 Å². The van der Waals surface area contributed by atoms with Gasteiger partial charge in [-0.2, -0.15) is 11.8 Å². The van der Waals surface area contributed by atoms with Crippen molar-refractivity contribution in [1.82, 2.24) is 15.1 Å². The Morgan fingerprint density at radius 3 is 2.94 bits per heavy atom. The van der Waals surface area contributed by atoms with Gasteiger partial charge in [0.15, 0.2) is 0 Å². The van der Waals surface area contributed by atoms with Gasteiger partial charge in [-0.3, -0.25) is 4.90 Å². The second-order valence-electron chi connectivity index (χ2n) is 5.82. The molecule has 98 valence electrons. The molecule has 0 aromatic rings. The van der Waals surface area contributed by atoms with E-state index in [0.29, 0.717) is 0 Å². The summed E-state index contributed by atoms with van der Waals surface area (Å²) < 4.78 is 0. The number of hydrogen-bond donors (Lipinski definition) is 1. The maximum absolute atomic E-state index is 3.67. The molecule has 3 saturated heterocycles. The van der Waals surface area contributed by atoms with Crippen LogP contribution in [0.4, 0.5) is 0 Å². The third-order valence-electron chi connectivity index (χ3n) is 4.71. The largest absolute Gasteiger partial charge is 0.311 e. The number of likely N-dealkylation sites (N-methyl/N-ethyl adjacent to an activating group) is 1. The number of thioether (sulfide) groups is 1. The fourth-order valence-electron chi connectivity index (χ4n) is 3.59. The first-order valence-electron chi connectivity index (χ1n) is 7.08. The monoisotopic (exact) mass is 255 g/mol. The maximum atomic E-state index is 3.67. The Hall–Kier alpha value is 0.230. The average Bonchev–Trinajstić information content (AvgIpc) is 2.59. The molecule has 3 fully saturated rings. The molecule has 3 aliphatic rings. The van der Waals surface area contributed by atoms with E-state index in [-0.39, 0.29) is 0 Å². The Balaban J connectivity index is 1.54. The minimum absolute atomic E-state index is 0.732. The Labute approximate surface area is 109 Å². The first kappa shape index (κ1) is 12.3. The van der Waals surface area contributed by atoms with Crippen LogP contribution < -0.4 is 5.32 Å². The van der Waals surface area contributed by atoms with Crippen molar-refractivity contribution in [1.29, 1.82) is 0 Å². The molecule has 0 spiro atoms. The van der Waals surface area contributed by atoms with Crippen LogP contribution in [0.25, 0.3) is 0 Å². The third-order valence-corrected chi connectivity index (χ3v) is 5.84. The first-order valence-corrected chi connectivity index (χ1v) is 8.24. The zero-order valence-electron chi connectivity index (χ0n) is 10.9. The molecule has 3 nitrogen and oxygen atoms in total. The van der Waals surface area contributed by atoms with Gasteiger partial charge in [0, 0.05) is 49.3 Å². The molecule has 0 aromatic carbocycles. The lowest BCUT2D eigenvalue weighted by atomic mass is 10.1. The molecule has 3 aliphatic heterocycles. The first-order chi connectivity index (χ1) is 8.33. The van der Waals surface area contributed by atoms with Gasteiger partial charge in [0.1, 0.15) is 0 Å². The van der Waals surface area contributed by atoms with Crippen LogP contribution in [0.1, 0.15) is 19.3 Å². The Morgan fingerprint density at radius 2 is 2.12 bits per heavy atom. The SMILES string of the molecule is CN1C2CCC1CN(CC1CSCCN1)CC2. The van der Waals surface area contributed by atoms with Gasteiger partial charge in [-0.15, -0.1) is 0 Å². The van der Waals surface area contributed by atoms with Crippen molar-refractivity contribution in [2.24, 2.45) is 0 Å². The lowest BCUT2D eigenvalue weighted by Gasteiger charge is -2.31.